The average molecular weight is 265 g/mol. The van der Waals surface area contributed by atoms with Gasteiger partial charge in [-0.3, -0.25) is 19.8 Å². The van der Waals surface area contributed by atoms with E-state index in [-0.39, 0.29) is 12.4 Å². The molecule has 1 saturated heterocycles. The molecule has 1 aromatic rings. The lowest BCUT2D eigenvalue weighted by Gasteiger charge is -2.33. The van der Waals surface area contributed by atoms with E-state index >= 15 is 0 Å². The molecule has 7 nitrogen and oxygen atoms in total. The fraction of sp³-hybridized carbons (Fsp3) is 0.500. The van der Waals surface area contributed by atoms with Gasteiger partial charge in [0.25, 0.3) is 0 Å². The van der Waals surface area contributed by atoms with E-state index in [2.05, 4.69) is 10.3 Å². The van der Waals surface area contributed by atoms with Crippen molar-refractivity contribution in [3.63, 3.8) is 0 Å². The first-order valence-corrected chi connectivity index (χ1v) is 5.97. The number of aromatic nitrogens is 1. The lowest BCUT2D eigenvalue weighted by Crippen LogP contribution is -2.61. The molecule has 0 unspecified atom stereocenters. The van der Waals surface area contributed by atoms with Crippen LogP contribution < -0.4 is 5.32 Å². The zero-order chi connectivity index (χ0) is 14.2. The highest BCUT2D eigenvalue weighted by Crippen LogP contribution is 2.24. The molecule has 1 fully saturated rings. The molecule has 0 aliphatic carbocycles. The minimum Gasteiger partial charge on any atom is -0.444 e. The van der Waals surface area contributed by atoms with Crippen molar-refractivity contribution in [1.82, 2.24) is 15.2 Å². The molecule has 0 spiro atoms. The van der Waals surface area contributed by atoms with E-state index in [0.29, 0.717) is 12.2 Å². The second-order valence-electron chi connectivity index (χ2n) is 4.85. The standard InChI is InChI=1S/C12H15N3O4/c1-4-7-5-13-8(19-7)6-15-10(17)12(2,3)9(16)14-11(15)18/h5H,4,6H2,1-3H3,(H,14,16,18). The average Bonchev–Trinajstić information content (AvgIpc) is 2.81. The number of amides is 4. The number of oxazole rings is 1. The third-order valence-corrected chi connectivity index (χ3v) is 3.06. The molecule has 2 rings (SSSR count). The van der Waals surface area contributed by atoms with Crippen molar-refractivity contribution in [2.75, 3.05) is 0 Å². The maximum Gasteiger partial charge on any atom is 0.331 e. The molecule has 0 atom stereocenters. The summed E-state index contributed by atoms with van der Waals surface area (Å²) in [5.74, 6) is -0.210. The molecule has 0 aromatic carbocycles. The van der Waals surface area contributed by atoms with Gasteiger partial charge in [0.1, 0.15) is 17.7 Å². The summed E-state index contributed by atoms with van der Waals surface area (Å²) >= 11 is 0. The monoisotopic (exact) mass is 265 g/mol. The number of hydrogen-bond acceptors (Lipinski definition) is 5. The second-order valence-corrected chi connectivity index (χ2v) is 4.85. The summed E-state index contributed by atoms with van der Waals surface area (Å²) in [4.78, 5) is 40.3. The number of imide groups is 2. The van der Waals surface area contributed by atoms with Crippen LogP contribution in [-0.4, -0.2) is 27.7 Å². The van der Waals surface area contributed by atoms with Crippen LogP contribution in [0.15, 0.2) is 10.6 Å². The Bertz CT molecular complexity index is 547. The molecule has 7 heteroatoms. The van der Waals surface area contributed by atoms with E-state index in [1.54, 1.807) is 6.20 Å². The van der Waals surface area contributed by atoms with E-state index in [1.165, 1.54) is 13.8 Å². The summed E-state index contributed by atoms with van der Waals surface area (Å²) < 4.78 is 5.36. The molecule has 1 aliphatic heterocycles. The first kappa shape index (κ1) is 13.3. The Hall–Kier alpha value is -2.18. The number of aryl methyl sites for hydroxylation is 1. The zero-order valence-corrected chi connectivity index (χ0v) is 11.0. The van der Waals surface area contributed by atoms with Gasteiger partial charge < -0.3 is 4.42 Å². The Morgan fingerprint density at radius 1 is 1.37 bits per heavy atom. The number of hydrogen-bond donors (Lipinski definition) is 1. The van der Waals surface area contributed by atoms with Crippen LogP contribution in [-0.2, 0) is 22.6 Å². The second kappa shape index (κ2) is 4.49. The van der Waals surface area contributed by atoms with Gasteiger partial charge in [-0.2, -0.15) is 0 Å². The molecular formula is C12H15N3O4. The number of nitrogens with one attached hydrogen (secondary N) is 1. The van der Waals surface area contributed by atoms with Gasteiger partial charge in [0, 0.05) is 6.42 Å². The number of urea groups is 1. The smallest absolute Gasteiger partial charge is 0.331 e. The molecule has 0 radical (unpaired) electrons. The van der Waals surface area contributed by atoms with Crippen LogP contribution in [0.5, 0.6) is 0 Å². The molecule has 4 amide bonds. The van der Waals surface area contributed by atoms with Crippen LogP contribution in [0.25, 0.3) is 0 Å². The molecule has 102 valence electrons. The van der Waals surface area contributed by atoms with Crippen molar-refractivity contribution in [2.24, 2.45) is 5.41 Å². The quantitative estimate of drug-likeness (QED) is 0.817. The van der Waals surface area contributed by atoms with Crippen LogP contribution in [0, 0.1) is 5.41 Å². The molecule has 0 bridgehead atoms. The van der Waals surface area contributed by atoms with Crippen LogP contribution in [0.3, 0.4) is 0 Å². The van der Waals surface area contributed by atoms with Crippen molar-refractivity contribution < 1.29 is 18.8 Å². The van der Waals surface area contributed by atoms with Crippen LogP contribution in [0.2, 0.25) is 0 Å². The SMILES string of the molecule is CCc1cnc(CN2C(=O)NC(=O)C(C)(C)C2=O)o1. The Morgan fingerprint density at radius 3 is 2.63 bits per heavy atom. The first-order chi connectivity index (χ1) is 8.86. The molecule has 1 N–H and O–H groups in total. The topological polar surface area (TPSA) is 92.5 Å². The highest BCUT2D eigenvalue weighted by Gasteiger charge is 2.47. The summed E-state index contributed by atoms with van der Waals surface area (Å²) in [6, 6.07) is -0.745. The molecule has 1 aromatic heterocycles. The van der Waals surface area contributed by atoms with Crippen molar-refractivity contribution in [1.29, 1.82) is 0 Å². The van der Waals surface area contributed by atoms with Crippen molar-refractivity contribution in [3.05, 3.63) is 17.8 Å². The van der Waals surface area contributed by atoms with E-state index in [9.17, 15) is 14.4 Å². The maximum atomic E-state index is 12.1. The lowest BCUT2D eigenvalue weighted by atomic mass is 9.89. The highest BCUT2D eigenvalue weighted by molar-refractivity contribution is 6.18. The normalized spacial score (nSPS) is 18.7. The molecule has 1 aliphatic rings. The van der Waals surface area contributed by atoms with Crippen LogP contribution in [0.4, 0.5) is 4.79 Å². The molecular weight excluding hydrogens is 250 g/mol. The third kappa shape index (κ3) is 2.23. The summed E-state index contributed by atoms with van der Waals surface area (Å²) in [7, 11) is 0. The molecule has 2 heterocycles. The maximum absolute atomic E-state index is 12.1. The number of carbonyl (C=O) groups excluding carboxylic acids is 3. The van der Waals surface area contributed by atoms with Gasteiger partial charge in [0.05, 0.1) is 6.20 Å². The van der Waals surface area contributed by atoms with Crippen molar-refractivity contribution >= 4 is 17.8 Å². The minimum absolute atomic E-state index is 0.0820. The predicted molar refractivity (Wildman–Crippen MR) is 63.8 cm³/mol. The predicted octanol–water partition coefficient (Wildman–Crippen LogP) is 0.842. The molecule has 19 heavy (non-hydrogen) atoms. The van der Waals surface area contributed by atoms with Crippen LogP contribution in [0.1, 0.15) is 32.4 Å². The number of barbiturate groups is 1. The van der Waals surface area contributed by atoms with Gasteiger partial charge in [0.2, 0.25) is 17.7 Å². The van der Waals surface area contributed by atoms with Crippen molar-refractivity contribution in [2.45, 2.75) is 33.7 Å². The lowest BCUT2D eigenvalue weighted by molar-refractivity contribution is -0.149. The summed E-state index contributed by atoms with van der Waals surface area (Å²) in [6.45, 7) is 4.76. The van der Waals surface area contributed by atoms with Gasteiger partial charge in [0.15, 0.2) is 0 Å². The Morgan fingerprint density at radius 2 is 2.05 bits per heavy atom. The zero-order valence-electron chi connectivity index (χ0n) is 11.0. The Labute approximate surface area is 110 Å². The van der Waals surface area contributed by atoms with Gasteiger partial charge in [-0.25, -0.2) is 9.78 Å². The van der Waals surface area contributed by atoms with E-state index in [1.807, 2.05) is 6.92 Å². The van der Waals surface area contributed by atoms with E-state index < -0.39 is 23.3 Å². The number of rotatable bonds is 3. The van der Waals surface area contributed by atoms with Gasteiger partial charge in [-0.05, 0) is 13.8 Å². The minimum atomic E-state index is -1.27. The largest absolute Gasteiger partial charge is 0.444 e. The molecule has 0 saturated carbocycles. The number of carbonyl (C=O) groups is 3. The summed E-state index contributed by atoms with van der Waals surface area (Å²) in [5, 5.41) is 2.15. The summed E-state index contributed by atoms with van der Waals surface area (Å²) in [5.41, 5.74) is -1.27. The fourth-order valence-corrected chi connectivity index (χ4v) is 1.71. The van der Waals surface area contributed by atoms with Gasteiger partial charge >= 0.3 is 6.03 Å². The summed E-state index contributed by atoms with van der Waals surface area (Å²) in [6.07, 6.45) is 2.23. The van der Waals surface area contributed by atoms with E-state index in [0.717, 1.165) is 4.90 Å². The fourth-order valence-electron chi connectivity index (χ4n) is 1.71. The van der Waals surface area contributed by atoms with Gasteiger partial charge in [-0.15, -0.1) is 0 Å². The first-order valence-electron chi connectivity index (χ1n) is 5.97. The highest BCUT2D eigenvalue weighted by atomic mass is 16.4. The third-order valence-electron chi connectivity index (χ3n) is 3.06. The van der Waals surface area contributed by atoms with Crippen LogP contribution >= 0.6 is 0 Å². The Kier molecular flexibility index (Phi) is 3.13. The van der Waals surface area contributed by atoms with E-state index in [4.69, 9.17) is 4.42 Å². The number of nitrogens with zero attached hydrogens (tertiary/aromatic N) is 2. The Balaban J connectivity index is 2.21. The van der Waals surface area contributed by atoms with Crippen molar-refractivity contribution in [3.8, 4) is 0 Å². The van der Waals surface area contributed by atoms with Gasteiger partial charge in [-0.1, -0.05) is 6.92 Å².